The molecule has 10 heteroatoms. The summed E-state index contributed by atoms with van der Waals surface area (Å²) in [5, 5.41) is 21.0. The standard InChI is InChI=1S/C21H19ClF3N5O/c1-3-19-15-6-13(22)7-18(25)20(15)30(28-19)12(2)21(31,9-29-11-26-10-27-29)16-5-4-14(23)8-17(16)24/h4-8,10-12,31H,3,9H2,1-2H3/t12-,21-/m1/s1. The molecule has 1 N–H and O–H groups in total. The summed E-state index contributed by atoms with van der Waals surface area (Å²) in [5.74, 6) is -2.34. The molecule has 4 aromatic rings. The van der Waals surface area contributed by atoms with Crippen LogP contribution in [0, 0.1) is 17.5 Å². The first-order valence-electron chi connectivity index (χ1n) is 9.61. The predicted octanol–water partition coefficient (Wildman–Crippen LogP) is 4.41. The molecule has 2 heterocycles. The fourth-order valence-electron chi connectivity index (χ4n) is 3.84. The van der Waals surface area contributed by atoms with Crippen LogP contribution >= 0.6 is 11.6 Å². The number of rotatable bonds is 6. The summed E-state index contributed by atoms with van der Waals surface area (Å²) in [5.41, 5.74) is -1.44. The largest absolute Gasteiger partial charge is 0.381 e. The minimum atomic E-state index is -1.97. The molecule has 4 rings (SSSR count). The average molecular weight is 450 g/mol. The third kappa shape index (κ3) is 3.68. The number of fused-ring (bicyclic) bond motifs is 1. The molecule has 0 aliphatic heterocycles. The molecule has 0 aliphatic carbocycles. The van der Waals surface area contributed by atoms with Crippen LogP contribution in [0.1, 0.15) is 31.1 Å². The van der Waals surface area contributed by atoms with Gasteiger partial charge in [0.2, 0.25) is 0 Å². The van der Waals surface area contributed by atoms with Crippen molar-refractivity contribution in [3.05, 3.63) is 76.7 Å². The Morgan fingerprint density at radius 1 is 1.16 bits per heavy atom. The van der Waals surface area contributed by atoms with Gasteiger partial charge in [-0.3, -0.25) is 4.68 Å². The summed E-state index contributed by atoms with van der Waals surface area (Å²) in [7, 11) is 0. The topological polar surface area (TPSA) is 68.8 Å². The van der Waals surface area contributed by atoms with Gasteiger partial charge in [-0.1, -0.05) is 24.6 Å². The minimum absolute atomic E-state index is 0.133. The van der Waals surface area contributed by atoms with E-state index in [9.17, 15) is 18.3 Å². The van der Waals surface area contributed by atoms with Gasteiger partial charge in [-0.05, 0) is 31.5 Å². The second-order valence-electron chi connectivity index (χ2n) is 7.35. The number of aromatic nitrogens is 5. The van der Waals surface area contributed by atoms with Gasteiger partial charge in [0.25, 0.3) is 0 Å². The van der Waals surface area contributed by atoms with Gasteiger partial charge in [-0.15, -0.1) is 0 Å². The van der Waals surface area contributed by atoms with Gasteiger partial charge in [0, 0.05) is 22.0 Å². The van der Waals surface area contributed by atoms with Gasteiger partial charge in [0.1, 0.15) is 35.4 Å². The van der Waals surface area contributed by atoms with E-state index in [4.69, 9.17) is 11.6 Å². The smallest absolute Gasteiger partial charge is 0.150 e. The summed E-state index contributed by atoms with van der Waals surface area (Å²) in [6.07, 6.45) is 3.12. The van der Waals surface area contributed by atoms with Crippen molar-refractivity contribution in [2.75, 3.05) is 0 Å². The van der Waals surface area contributed by atoms with Gasteiger partial charge < -0.3 is 5.11 Å². The Labute approximate surface area is 180 Å². The van der Waals surface area contributed by atoms with Crippen LogP contribution in [-0.4, -0.2) is 29.7 Å². The van der Waals surface area contributed by atoms with Crippen LogP contribution in [0.25, 0.3) is 10.9 Å². The summed E-state index contributed by atoms with van der Waals surface area (Å²) < 4.78 is 45.9. The van der Waals surface area contributed by atoms with Crippen LogP contribution in [0.15, 0.2) is 43.0 Å². The van der Waals surface area contributed by atoms with Crippen molar-refractivity contribution >= 4 is 22.5 Å². The summed E-state index contributed by atoms with van der Waals surface area (Å²) >= 11 is 6.03. The number of nitrogens with zero attached hydrogens (tertiary/aromatic N) is 5. The third-order valence-corrected chi connectivity index (χ3v) is 5.67. The van der Waals surface area contributed by atoms with Gasteiger partial charge in [0.15, 0.2) is 5.82 Å². The molecule has 0 unspecified atom stereocenters. The highest BCUT2D eigenvalue weighted by Gasteiger charge is 2.42. The van der Waals surface area contributed by atoms with Crippen LogP contribution in [0.3, 0.4) is 0 Å². The molecule has 0 radical (unpaired) electrons. The van der Waals surface area contributed by atoms with E-state index in [0.717, 1.165) is 18.2 Å². The molecule has 2 aromatic carbocycles. The van der Waals surface area contributed by atoms with Crippen LogP contribution < -0.4 is 0 Å². The molecule has 0 amide bonds. The molecule has 0 saturated carbocycles. The van der Waals surface area contributed by atoms with Crippen LogP contribution in [-0.2, 0) is 18.6 Å². The molecule has 31 heavy (non-hydrogen) atoms. The van der Waals surface area contributed by atoms with E-state index in [1.165, 1.54) is 22.0 Å². The number of halogens is 4. The van der Waals surface area contributed by atoms with E-state index >= 15 is 0 Å². The highest BCUT2D eigenvalue weighted by Crippen LogP contribution is 2.39. The fraction of sp³-hybridized carbons (Fsp3) is 0.286. The molecule has 6 nitrogen and oxygen atoms in total. The van der Waals surface area contributed by atoms with Crippen molar-refractivity contribution in [2.24, 2.45) is 0 Å². The van der Waals surface area contributed by atoms with Crippen LogP contribution in [0.5, 0.6) is 0 Å². The maximum atomic E-state index is 14.9. The zero-order valence-electron chi connectivity index (χ0n) is 16.7. The average Bonchev–Trinajstić information content (AvgIpc) is 3.34. The highest BCUT2D eigenvalue weighted by atomic mass is 35.5. The van der Waals surface area contributed by atoms with Gasteiger partial charge in [0.05, 0.1) is 18.3 Å². The Balaban J connectivity index is 1.94. The van der Waals surface area contributed by atoms with Gasteiger partial charge in [-0.25, -0.2) is 22.8 Å². The van der Waals surface area contributed by atoms with E-state index < -0.39 is 29.1 Å². The molecule has 2 atom stereocenters. The van der Waals surface area contributed by atoms with Crippen molar-refractivity contribution in [2.45, 2.75) is 38.5 Å². The molecule has 0 bridgehead atoms. The molecular weight excluding hydrogens is 431 g/mol. The van der Waals surface area contributed by atoms with Crippen molar-refractivity contribution in [1.82, 2.24) is 24.5 Å². The van der Waals surface area contributed by atoms with Crippen molar-refractivity contribution in [3.8, 4) is 0 Å². The molecule has 0 fully saturated rings. The Morgan fingerprint density at radius 3 is 2.58 bits per heavy atom. The lowest BCUT2D eigenvalue weighted by Crippen LogP contribution is -2.41. The van der Waals surface area contributed by atoms with E-state index in [1.807, 2.05) is 6.92 Å². The van der Waals surface area contributed by atoms with Crippen LogP contribution in [0.4, 0.5) is 13.2 Å². The lowest BCUT2D eigenvalue weighted by molar-refractivity contribution is -0.0357. The Morgan fingerprint density at radius 2 is 1.94 bits per heavy atom. The van der Waals surface area contributed by atoms with E-state index in [0.29, 0.717) is 23.6 Å². The molecule has 2 aromatic heterocycles. The normalized spacial score (nSPS) is 14.7. The Bertz CT molecular complexity index is 1240. The fourth-order valence-corrected chi connectivity index (χ4v) is 4.05. The summed E-state index contributed by atoms with van der Waals surface area (Å²) in [6.45, 7) is 3.21. The minimum Gasteiger partial charge on any atom is -0.381 e. The maximum Gasteiger partial charge on any atom is 0.150 e. The number of aliphatic hydroxyl groups is 1. The molecule has 0 saturated heterocycles. The van der Waals surface area contributed by atoms with E-state index in [-0.39, 0.29) is 22.6 Å². The summed E-state index contributed by atoms with van der Waals surface area (Å²) in [4.78, 5) is 3.85. The second-order valence-corrected chi connectivity index (χ2v) is 7.78. The van der Waals surface area contributed by atoms with E-state index in [1.54, 1.807) is 13.0 Å². The Hall–Kier alpha value is -2.91. The monoisotopic (exact) mass is 449 g/mol. The molecule has 0 spiro atoms. The third-order valence-electron chi connectivity index (χ3n) is 5.46. The highest BCUT2D eigenvalue weighted by molar-refractivity contribution is 6.31. The quantitative estimate of drug-likeness (QED) is 0.473. The molecular formula is C21H19ClF3N5O. The number of hydrogen-bond donors (Lipinski definition) is 1. The number of aryl methyl sites for hydroxylation is 1. The predicted molar refractivity (Wildman–Crippen MR) is 109 cm³/mol. The lowest BCUT2D eigenvalue weighted by atomic mass is 9.86. The maximum absolute atomic E-state index is 14.9. The van der Waals surface area contributed by atoms with E-state index in [2.05, 4.69) is 15.2 Å². The first-order valence-corrected chi connectivity index (χ1v) is 9.98. The summed E-state index contributed by atoms with van der Waals surface area (Å²) in [6, 6.07) is 4.68. The Kier molecular flexibility index (Phi) is 5.49. The van der Waals surface area contributed by atoms with Gasteiger partial charge in [-0.2, -0.15) is 10.2 Å². The van der Waals surface area contributed by atoms with Crippen molar-refractivity contribution in [1.29, 1.82) is 0 Å². The number of benzene rings is 2. The van der Waals surface area contributed by atoms with Crippen molar-refractivity contribution in [3.63, 3.8) is 0 Å². The lowest BCUT2D eigenvalue weighted by Gasteiger charge is -2.35. The van der Waals surface area contributed by atoms with Crippen molar-refractivity contribution < 1.29 is 18.3 Å². The SMILES string of the molecule is CCc1nn([C@H](C)[C@](O)(Cn2cncn2)c2ccc(F)cc2F)c2c(F)cc(Cl)cc12. The van der Waals surface area contributed by atoms with Gasteiger partial charge >= 0.3 is 0 Å². The molecule has 0 aliphatic rings. The first kappa shape index (κ1) is 21.3. The second kappa shape index (κ2) is 7.97. The molecule has 162 valence electrons. The zero-order valence-corrected chi connectivity index (χ0v) is 17.5. The zero-order chi connectivity index (χ0) is 22.3. The van der Waals surface area contributed by atoms with Crippen LogP contribution in [0.2, 0.25) is 5.02 Å². The first-order chi connectivity index (χ1) is 14.7. The number of hydrogen-bond acceptors (Lipinski definition) is 4.